The summed E-state index contributed by atoms with van der Waals surface area (Å²) in [4.78, 5) is 22.9. The van der Waals surface area contributed by atoms with Crippen LogP contribution in [-0.2, 0) is 6.61 Å². The third kappa shape index (κ3) is 4.07. The highest BCUT2D eigenvalue weighted by Crippen LogP contribution is 2.31. The minimum absolute atomic E-state index is 0.0226. The predicted molar refractivity (Wildman–Crippen MR) is 122 cm³/mol. The largest absolute Gasteiger partial charge is 0.507 e. The molecule has 0 unspecified atom stereocenters. The van der Waals surface area contributed by atoms with Crippen LogP contribution in [0.2, 0.25) is 0 Å². The SMILES string of the molecule is O=c1cc(-c2ccccc2)oc2cc(OCc3cn(-c4ccc([N+](=O)[O-])cc4)nn3)cc(O)c12. The first-order valence-corrected chi connectivity index (χ1v) is 10.1. The Morgan fingerprint density at radius 1 is 1.06 bits per heavy atom. The Bertz CT molecular complexity index is 1560. The number of aromatic hydroxyl groups is 1. The highest BCUT2D eigenvalue weighted by atomic mass is 16.6. The molecule has 1 N–H and O–H groups in total. The predicted octanol–water partition coefficient (Wildman–Crippen LogP) is 4.23. The first kappa shape index (κ1) is 20.9. The summed E-state index contributed by atoms with van der Waals surface area (Å²) in [6.45, 7) is 0.0283. The van der Waals surface area contributed by atoms with E-state index < -0.39 is 4.92 Å². The third-order valence-electron chi connectivity index (χ3n) is 5.09. The lowest BCUT2D eigenvalue weighted by atomic mass is 10.1. The van der Waals surface area contributed by atoms with Crippen LogP contribution in [0.4, 0.5) is 5.69 Å². The van der Waals surface area contributed by atoms with E-state index in [4.69, 9.17) is 9.15 Å². The van der Waals surface area contributed by atoms with Crippen molar-refractivity contribution in [3.63, 3.8) is 0 Å². The average Bonchev–Trinajstić information content (AvgIpc) is 3.32. The fraction of sp³-hybridized carbons (Fsp3) is 0.0417. The second-order valence-corrected chi connectivity index (χ2v) is 7.37. The number of benzene rings is 3. The van der Waals surface area contributed by atoms with Crippen LogP contribution in [0.1, 0.15) is 5.69 Å². The van der Waals surface area contributed by atoms with E-state index in [0.717, 1.165) is 5.56 Å². The zero-order valence-electron chi connectivity index (χ0n) is 17.5. The molecular weight excluding hydrogens is 440 g/mol. The molecule has 0 aliphatic rings. The van der Waals surface area contributed by atoms with E-state index in [1.165, 1.54) is 35.0 Å². The van der Waals surface area contributed by atoms with Gasteiger partial charge < -0.3 is 14.3 Å². The second kappa shape index (κ2) is 8.51. The molecule has 0 aliphatic carbocycles. The molecule has 0 saturated carbocycles. The molecule has 34 heavy (non-hydrogen) atoms. The zero-order chi connectivity index (χ0) is 23.7. The highest BCUT2D eigenvalue weighted by Gasteiger charge is 2.14. The van der Waals surface area contributed by atoms with Crippen molar-refractivity contribution in [3.05, 3.63) is 105 Å². The normalized spacial score (nSPS) is 10.9. The highest BCUT2D eigenvalue weighted by molar-refractivity contribution is 5.86. The van der Waals surface area contributed by atoms with Crippen LogP contribution < -0.4 is 10.2 Å². The number of hydrogen-bond donors (Lipinski definition) is 1. The van der Waals surface area contributed by atoms with Crippen LogP contribution in [0.5, 0.6) is 11.5 Å². The molecule has 0 aliphatic heterocycles. The quantitative estimate of drug-likeness (QED) is 0.296. The van der Waals surface area contributed by atoms with Gasteiger partial charge in [0.25, 0.3) is 5.69 Å². The number of fused-ring (bicyclic) bond motifs is 1. The standard InChI is InChI=1S/C24H16N4O6/c29-20-10-19(11-23-24(20)21(30)12-22(34-23)15-4-2-1-3-5-15)33-14-16-13-27(26-25-16)17-6-8-18(9-7-17)28(31)32/h1-13,29H,14H2. The Labute approximate surface area is 191 Å². The molecule has 0 fully saturated rings. The molecule has 5 rings (SSSR count). The molecule has 0 saturated heterocycles. The summed E-state index contributed by atoms with van der Waals surface area (Å²) in [5.74, 6) is 0.402. The Balaban J connectivity index is 1.38. The fourth-order valence-corrected chi connectivity index (χ4v) is 3.45. The topological polar surface area (TPSA) is 134 Å². The van der Waals surface area contributed by atoms with E-state index in [0.29, 0.717) is 17.1 Å². The van der Waals surface area contributed by atoms with Gasteiger partial charge in [-0.05, 0) is 12.1 Å². The van der Waals surface area contributed by atoms with Crippen LogP contribution in [-0.4, -0.2) is 25.0 Å². The lowest BCUT2D eigenvalue weighted by molar-refractivity contribution is -0.384. The van der Waals surface area contributed by atoms with Crippen molar-refractivity contribution in [2.75, 3.05) is 0 Å². The minimum Gasteiger partial charge on any atom is -0.507 e. The van der Waals surface area contributed by atoms with Crippen molar-refractivity contribution >= 4 is 16.7 Å². The maximum Gasteiger partial charge on any atom is 0.269 e. The van der Waals surface area contributed by atoms with E-state index in [2.05, 4.69) is 10.3 Å². The molecule has 3 aromatic carbocycles. The summed E-state index contributed by atoms with van der Waals surface area (Å²) in [5, 5.41) is 29.3. The monoisotopic (exact) mass is 456 g/mol. The lowest BCUT2D eigenvalue weighted by Gasteiger charge is -2.08. The van der Waals surface area contributed by atoms with Crippen LogP contribution in [0.15, 0.2) is 88.2 Å². The van der Waals surface area contributed by atoms with E-state index in [-0.39, 0.29) is 40.2 Å². The summed E-state index contributed by atoms with van der Waals surface area (Å²) >= 11 is 0. The number of non-ortho nitro benzene ring substituents is 1. The van der Waals surface area contributed by atoms with Crippen LogP contribution in [0.3, 0.4) is 0 Å². The summed E-state index contributed by atoms with van der Waals surface area (Å²) < 4.78 is 13.1. The van der Waals surface area contributed by atoms with Crippen molar-refractivity contribution in [3.8, 4) is 28.5 Å². The number of hydrogen-bond acceptors (Lipinski definition) is 8. The molecule has 0 radical (unpaired) electrons. The summed E-state index contributed by atoms with van der Waals surface area (Å²) in [6.07, 6.45) is 1.62. The number of rotatable bonds is 6. The van der Waals surface area contributed by atoms with E-state index in [1.54, 1.807) is 18.3 Å². The molecule has 10 nitrogen and oxygen atoms in total. The van der Waals surface area contributed by atoms with Gasteiger partial charge in [-0.3, -0.25) is 14.9 Å². The van der Waals surface area contributed by atoms with Crippen LogP contribution in [0, 0.1) is 10.1 Å². The number of phenolic OH excluding ortho intramolecular Hbond substituents is 1. The number of ether oxygens (including phenoxy) is 1. The third-order valence-corrected chi connectivity index (χ3v) is 5.09. The molecule has 0 amide bonds. The maximum absolute atomic E-state index is 12.6. The lowest BCUT2D eigenvalue weighted by Crippen LogP contribution is -2.02. The van der Waals surface area contributed by atoms with Crippen molar-refractivity contribution < 1.29 is 19.2 Å². The molecule has 0 atom stereocenters. The second-order valence-electron chi connectivity index (χ2n) is 7.37. The van der Waals surface area contributed by atoms with Crippen LogP contribution in [0.25, 0.3) is 28.0 Å². The Morgan fingerprint density at radius 2 is 1.82 bits per heavy atom. The van der Waals surface area contributed by atoms with E-state index in [1.807, 2.05) is 30.3 Å². The van der Waals surface area contributed by atoms with Gasteiger partial charge in [-0.1, -0.05) is 35.5 Å². The van der Waals surface area contributed by atoms with Crippen molar-refractivity contribution in [1.82, 2.24) is 15.0 Å². The Morgan fingerprint density at radius 3 is 2.56 bits per heavy atom. The first-order valence-electron chi connectivity index (χ1n) is 10.1. The Hall–Kier alpha value is -4.99. The van der Waals surface area contributed by atoms with Gasteiger partial charge in [0.05, 0.1) is 16.8 Å². The Kier molecular flexibility index (Phi) is 5.23. The van der Waals surface area contributed by atoms with Crippen LogP contribution >= 0.6 is 0 Å². The molecule has 10 heteroatoms. The van der Waals surface area contributed by atoms with Crippen molar-refractivity contribution in [2.45, 2.75) is 6.61 Å². The van der Waals surface area contributed by atoms with Gasteiger partial charge in [-0.2, -0.15) is 0 Å². The first-order chi connectivity index (χ1) is 16.5. The minimum atomic E-state index is -0.478. The molecule has 0 spiro atoms. The van der Waals surface area contributed by atoms with Gasteiger partial charge in [-0.15, -0.1) is 5.10 Å². The zero-order valence-corrected chi connectivity index (χ0v) is 17.5. The number of nitrogens with zero attached hydrogens (tertiary/aromatic N) is 4. The maximum atomic E-state index is 12.6. The average molecular weight is 456 g/mol. The summed E-state index contributed by atoms with van der Waals surface area (Å²) in [7, 11) is 0. The van der Waals surface area contributed by atoms with E-state index in [9.17, 15) is 20.0 Å². The molecule has 0 bridgehead atoms. The molecule has 168 valence electrons. The molecule has 2 heterocycles. The van der Waals surface area contributed by atoms with Gasteiger partial charge >= 0.3 is 0 Å². The number of nitro groups is 1. The van der Waals surface area contributed by atoms with Crippen molar-refractivity contribution in [1.29, 1.82) is 0 Å². The summed E-state index contributed by atoms with van der Waals surface area (Å²) in [6, 6.07) is 19.2. The molecular formula is C24H16N4O6. The van der Waals surface area contributed by atoms with Gasteiger partial charge in [0, 0.05) is 35.9 Å². The number of phenols is 1. The molecule has 2 aromatic heterocycles. The number of aromatic nitrogens is 3. The van der Waals surface area contributed by atoms with Gasteiger partial charge in [0.2, 0.25) is 0 Å². The van der Waals surface area contributed by atoms with Crippen molar-refractivity contribution in [2.24, 2.45) is 0 Å². The molecule has 5 aromatic rings. The van der Waals surface area contributed by atoms with E-state index >= 15 is 0 Å². The van der Waals surface area contributed by atoms with Gasteiger partial charge in [0.1, 0.15) is 40.5 Å². The summed E-state index contributed by atoms with van der Waals surface area (Å²) in [5.41, 5.74) is 1.62. The van der Waals surface area contributed by atoms with Gasteiger partial charge in [0.15, 0.2) is 5.43 Å². The smallest absolute Gasteiger partial charge is 0.269 e. The number of nitro benzene ring substituents is 1. The van der Waals surface area contributed by atoms with Gasteiger partial charge in [-0.25, -0.2) is 4.68 Å². The fourth-order valence-electron chi connectivity index (χ4n) is 3.45.